The fraction of sp³-hybridized carbons (Fsp3) is 0.200. The molecule has 128 valence electrons. The van der Waals surface area contributed by atoms with Gasteiger partial charge in [-0.05, 0) is 32.0 Å². The maximum atomic E-state index is 12.7. The number of carbonyl (C=O) groups excluding carboxylic acids is 1. The van der Waals surface area contributed by atoms with E-state index in [2.05, 4.69) is 22.1 Å². The van der Waals surface area contributed by atoms with Gasteiger partial charge >= 0.3 is 0 Å². The molecule has 5 heteroatoms. The van der Waals surface area contributed by atoms with Crippen LogP contribution >= 0.6 is 11.3 Å². The van der Waals surface area contributed by atoms with Crippen LogP contribution in [-0.4, -0.2) is 24.5 Å². The van der Waals surface area contributed by atoms with Crippen molar-refractivity contribution in [3.8, 4) is 10.6 Å². The quantitative estimate of drug-likeness (QED) is 0.716. The van der Waals surface area contributed by atoms with Crippen molar-refractivity contribution in [3.05, 3.63) is 65.2 Å². The number of hydrogen-bond donors (Lipinski definition) is 1. The molecule has 3 rings (SSSR count). The lowest BCUT2D eigenvalue weighted by Crippen LogP contribution is -2.16. The first-order chi connectivity index (χ1) is 12.1. The van der Waals surface area contributed by atoms with Gasteiger partial charge < -0.3 is 10.2 Å². The summed E-state index contributed by atoms with van der Waals surface area (Å²) in [7, 11) is 2.03. The molecule has 3 aromatic rings. The van der Waals surface area contributed by atoms with Crippen molar-refractivity contribution in [3.63, 3.8) is 0 Å². The zero-order chi connectivity index (χ0) is 17.8. The number of nitrogens with one attached hydrogen (secondary N) is 1. The lowest BCUT2D eigenvalue weighted by Gasteiger charge is -2.17. The highest BCUT2D eigenvalue weighted by molar-refractivity contribution is 7.17. The van der Waals surface area contributed by atoms with Crippen molar-refractivity contribution in [2.45, 2.75) is 13.8 Å². The summed E-state index contributed by atoms with van der Waals surface area (Å²) >= 11 is 1.42. The van der Waals surface area contributed by atoms with Gasteiger partial charge in [0.2, 0.25) is 0 Å². The molecule has 0 fully saturated rings. The van der Waals surface area contributed by atoms with Gasteiger partial charge in [-0.2, -0.15) is 0 Å². The molecule has 0 atom stereocenters. The Bertz CT molecular complexity index is 874. The zero-order valence-corrected chi connectivity index (χ0v) is 15.4. The molecule has 0 unspecified atom stereocenters. The molecule has 0 radical (unpaired) electrons. The van der Waals surface area contributed by atoms with Crippen LogP contribution in [0.4, 0.5) is 11.4 Å². The minimum Gasteiger partial charge on any atom is -0.375 e. The minimum absolute atomic E-state index is 0.117. The minimum atomic E-state index is -0.117. The molecule has 2 aromatic carbocycles. The molecule has 0 aliphatic heterocycles. The predicted octanol–water partition coefficient (Wildman–Crippen LogP) is 4.83. The Morgan fingerprint density at radius 1 is 1.16 bits per heavy atom. The summed E-state index contributed by atoms with van der Waals surface area (Å²) < 4.78 is 0. The Morgan fingerprint density at radius 3 is 2.64 bits per heavy atom. The number of hydrogen-bond acceptors (Lipinski definition) is 4. The monoisotopic (exact) mass is 351 g/mol. The van der Waals surface area contributed by atoms with Crippen molar-refractivity contribution in [1.82, 2.24) is 4.98 Å². The van der Waals surface area contributed by atoms with E-state index in [9.17, 15) is 4.79 Å². The van der Waals surface area contributed by atoms with Gasteiger partial charge in [-0.1, -0.05) is 36.4 Å². The second kappa shape index (κ2) is 7.49. The van der Waals surface area contributed by atoms with Crippen LogP contribution in [0.15, 0.2) is 54.6 Å². The third-order valence-electron chi connectivity index (χ3n) is 4.04. The lowest BCUT2D eigenvalue weighted by molar-refractivity contribution is 0.103. The second-order valence-corrected chi connectivity index (χ2v) is 6.82. The van der Waals surface area contributed by atoms with Crippen LogP contribution in [-0.2, 0) is 0 Å². The van der Waals surface area contributed by atoms with Gasteiger partial charge in [0.1, 0.15) is 9.88 Å². The first kappa shape index (κ1) is 17.2. The number of nitrogens with zero attached hydrogens (tertiary/aromatic N) is 2. The molecule has 1 heterocycles. The van der Waals surface area contributed by atoms with Gasteiger partial charge in [0, 0.05) is 30.5 Å². The fourth-order valence-corrected chi connectivity index (χ4v) is 3.47. The average Bonchev–Trinajstić information content (AvgIpc) is 3.04. The molecule has 0 aliphatic rings. The normalized spacial score (nSPS) is 10.5. The highest BCUT2D eigenvalue weighted by Gasteiger charge is 2.16. The van der Waals surface area contributed by atoms with Gasteiger partial charge in [0.15, 0.2) is 0 Å². The number of thiazole rings is 1. The van der Waals surface area contributed by atoms with E-state index in [1.54, 1.807) is 0 Å². The van der Waals surface area contributed by atoms with Gasteiger partial charge in [0.25, 0.3) is 5.91 Å². The summed E-state index contributed by atoms with van der Waals surface area (Å²) in [5.41, 5.74) is 3.65. The maximum absolute atomic E-state index is 12.7. The number of anilines is 2. The van der Waals surface area contributed by atoms with E-state index in [1.807, 2.05) is 68.6 Å². The Labute approximate surface area is 152 Å². The van der Waals surface area contributed by atoms with E-state index in [4.69, 9.17) is 0 Å². The summed E-state index contributed by atoms with van der Waals surface area (Å²) in [5.74, 6) is -0.117. The highest BCUT2D eigenvalue weighted by atomic mass is 32.1. The van der Waals surface area contributed by atoms with Gasteiger partial charge in [-0.3, -0.25) is 4.79 Å². The lowest BCUT2D eigenvalue weighted by atomic mass is 10.2. The first-order valence-corrected chi connectivity index (χ1v) is 9.05. The van der Waals surface area contributed by atoms with Crippen LogP contribution < -0.4 is 10.2 Å². The van der Waals surface area contributed by atoms with E-state index < -0.39 is 0 Å². The molecule has 0 spiro atoms. The topological polar surface area (TPSA) is 45.2 Å². The smallest absolute Gasteiger partial charge is 0.267 e. The average molecular weight is 351 g/mol. The summed E-state index contributed by atoms with van der Waals surface area (Å²) in [6.45, 7) is 4.88. The van der Waals surface area contributed by atoms with Crippen LogP contribution in [0.3, 0.4) is 0 Å². The Morgan fingerprint density at radius 2 is 1.92 bits per heavy atom. The summed E-state index contributed by atoms with van der Waals surface area (Å²) in [4.78, 5) is 20.0. The molecule has 1 aromatic heterocycles. The largest absolute Gasteiger partial charge is 0.375 e. The van der Waals surface area contributed by atoms with Gasteiger partial charge in [-0.15, -0.1) is 11.3 Å². The van der Waals surface area contributed by atoms with Crippen molar-refractivity contribution >= 4 is 28.6 Å². The Kier molecular flexibility index (Phi) is 5.14. The maximum Gasteiger partial charge on any atom is 0.267 e. The molecule has 25 heavy (non-hydrogen) atoms. The van der Waals surface area contributed by atoms with Crippen LogP contribution in [0.1, 0.15) is 22.3 Å². The number of aromatic nitrogens is 1. The molecule has 1 amide bonds. The summed E-state index contributed by atoms with van der Waals surface area (Å²) in [6.07, 6.45) is 0. The standard InChI is InChI=1S/C20H21N3OS/c1-4-23(3)17-12-8-11-16(13-17)22-19(24)18-14(2)21-20(25-18)15-9-6-5-7-10-15/h5-13H,4H2,1-3H3,(H,22,24). The van der Waals surface area contributed by atoms with E-state index in [-0.39, 0.29) is 5.91 Å². The molecular formula is C20H21N3OS. The van der Waals surface area contributed by atoms with E-state index in [1.165, 1.54) is 11.3 Å². The number of carbonyl (C=O) groups is 1. The predicted molar refractivity (Wildman–Crippen MR) is 106 cm³/mol. The Hall–Kier alpha value is -2.66. The molecule has 0 aliphatic carbocycles. The number of rotatable bonds is 5. The van der Waals surface area contributed by atoms with Crippen LogP contribution in [0.25, 0.3) is 10.6 Å². The van der Waals surface area contributed by atoms with Crippen molar-refractivity contribution in [2.24, 2.45) is 0 Å². The van der Waals surface area contributed by atoms with E-state index in [0.29, 0.717) is 4.88 Å². The van der Waals surface area contributed by atoms with Crippen molar-refractivity contribution in [2.75, 3.05) is 23.8 Å². The third kappa shape index (κ3) is 3.88. The molecular weight excluding hydrogens is 330 g/mol. The van der Waals surface area contributed by atoms with Gasteiger partial charge in [-0.25, -0.2) is 4.98 Å². The summed E-state index contributed by atoms with van der Waals surface area (Å²) in [5, 5.41) is 3.85. The number of amides is 1. The van der Waals surface area contributed by atoms with Crippen LogP contribution in [0, 0.1) is 6.92 Å². The first-order valence-electron chi connectivity index (χ1n) is 8.24. The van der Waals surface area contributed by atoms with E-state index >= 15 is 0 Å². The number of benzene rings is 2. The van der Waals surface area contributed by atoms with Crippen LogP contribution in [0.2, 0.25) is 0 Å². The molecule has 4 nitrogen and oxygen atoms in total. The van der Waals surface area contributed by atoms with Crippen LogP contribution in [0.5, 0.6) is 0 Å². The van der Waals surface area contributed by atoms with Gasteiger partial charge in [0.05, 0.1) is 5.69 Å². The summed E-state index contributed by atoms with van der Waals surface area (Å²) in [6, 6.07) is 17.8. The van der Waals surface area contributed by atoms with Crippen molar-refractivity contribution in [1.29, 1.82) is 0 Å². The highest BCUT2D eigenvalue weighted by Crippen LogP contribution is 2.28. The van der Waals surface area contributed by atoms with E-state index in [0.717, 1.165) is 34.2 Å². The molecule has 0 bridgehead atoms. The van der Waals surface area contributed by atoms with Crippen molar-refractivity contribution < 1.29 is 4.79 Å². The zero-order valence-electron chi connectivity index (χ0n) is 14.6. The SMILES string of the molecule is CCN(C)c1cccc(NC(=O)c2sc(-c3ccccc3)nc2C)c1. The molecule has 0 saturated carbocycles. The number of aryl methyl sites for hydroxylation is 1. The third-order valence-corrected chi connectivity index (χ3v) is 5.25. The second-order valence-electron chi connectivity index (χ2n) is 5.82. The molecule has 1 N–H and O–H groups in total. The Balaban J connectivity index is 1.81. The molecule has 0 saturated heterocycles. The fourth-order valence-electron chi connectivity index (χ4n) is 2.50.